The molecule has 0 atom stereocenters. The molecule has 6 nitrogen and oxygen atoms in total. The number of halogens is 2. The van der Waals surface area contributed by atoms with Gasteiger partial charge in [0.05, 0.1) is 41.5 Å². The predicted octanol–water partition coefficient (Wildman–Crippen LogP) is 3.50. The lowest BCUT2D eigenvalue weighted by atomic mass is 9.92. The van der Waals surface area contributed by atoms with E-state index in [9.17, 15) is 13.6 Å². The van der Waals surface area contributed by atoms with Gasteiger partial charge in [-0.05, 0) is 54.3 Å². The molecule has 8 heteroatoms. The molecule has 0 spiro atoms. The van der Waals surface area contributed by atoms with Crippen molar-refractivity contribution in [3.8, 4) is 11.3 Å². The lowest BCUT2D eigenvalue weighted by molar-refractivity contribution is -0.136. The fraction of sp³-hybridized carbons (Fsp3) is 0.208. The average Bonchev–Trinajstić information content (AvgIpc) is 3.20. The molecular formula is C24H21F2N5O. The van der Waals surface area contributed by atoms with E-state index in [1.54, 1.807) is 23.4 Å². The zero-order valence-electron chi connectivity index (χ0n) is 17.2. The smallest absolute Gasteiger partial charge is 0.228 e. The summed E-state index contributed by atoms with van der Waals surface area (Å²) < 4.78 is 29.3. The summed E-state index contributed by atoms with van der Waals surface area (Å²) in [5.41, 5.74) is 9.52. The van der Waals surface area contributed by atoms with Gasteiger partial charge in [0.1, 0.15) is 11.6 Å². The molecule has 5 rings (SSSR count). The number of anilines is 1. The molecule has 0 aliphatic carbocycles. The van der Waals surface area contributed by atoms with Crippen LogP contribution < -0.4 is 5.73 Å². The topological polar surface area (TPSA) is 76.5 Å². The van der Waals surface area contributed by atoms with E-state index in [2.05, 4.69) is 22.1 Å². The number of nitrogens with zero attached hydrogens (tertiary/aromatic N) is 4. The summed E-state index contributed by atoms with van der Waals surface area (Å²) in [7, 11) is 0. The fourth-order valence-corrected chi connectivity index (χ4v) is 4.08. The summed E-state index contributed by atoms with van der Waals surface area (Å²) in [5, 5.41) is 0. The first-order valence-corrected chi connectivity index (χ1v) is 10.4. The maximum absolute atomic E-state index is 14.1. The van der Waals surface area contributed by atoms with Gasteiger partial charge < -0.3 is 15.0 Å². The predicted molar refractivity (Wildman–Crippen MR) is 117 cm³/mol. The van der Waals surface area contributed by atoms with Gasteiger partial charge in [-0.3, -0.25) is 9.78 Å². The van der Waals surface area contributed by atoms with Crippen LogP contribution in [0.4, 0.5) is 14.5 Å². The quantitative estimate of drug-likeness (QED) is 0.523. The van der Waals surface area contributed by atoms with Crippen LogP contribution in [-0.4, -0.2) is 38.3 Å². The Kier molecular flexibility index (Phi) is 5.05. The number of benzene rings is 1. The maximum Gasteiger partial charge on any atom is 0.228 e. The number of nitrogens with two attached hydrogens (primary N) is 1. The Morgan fingerprint density at radius 2 is 1.97 bits per heavy atom. The van der Waals surface area contributed by atoms with Gasteiger partial charge in [0.2, 0.25) is 5.91 Å². The second-order valence-electron chi connectivity index (χ2n) is 8.16. The third kappa shape index (κ3) is 3.91. The molecule has 2 N–H and O–H groups in total. The minimum atomic E-state index is -0.709. The maximum atomic E-state index is 14.1. The normalized spacial score (nSPS) is 14.0. The van der Waals surface area contributed by atoms with Crippen molar-refractivity contribution in [3.63, 3.8) is 0 Å². The standard InChI is InChI=1S/C24H21F2N5O/c25-17-1-2-19(20(26)9-17)22-4-3-21(27)23(29-22)10-24(32)31-12-16(13-31)7-15-5-6-30-14-28-11-18(30)8-15/h1-6,8-9,11,14,16H,7,10,12-13,27H2. The number of hydrogen-bond acceptors (Lipinski definition) is 4. The van der Waals surface area contributed by atoms with Crippen LogP contribution in [0.2, 0.25) is 0 Å². The minimum Gasteiger partial charge on any atom is -0.397 e. The van der Waals surface area contributed by atoms with E-state index in [0.29, 0.717) is 36.1 Å². The Labute approximate surface area is 183 Å². The first kappa shape index (κ1) is 20.1. The molecule has 32 heavy (non-hydrogen) atoms. The molecular weight excluding hydrogens is 412 g/mol. The fourth-order valence-electron chi connectivity index (χ4n) is 4.08. The molecule has 4 heterocycles. The summed E-state index contributed by atoms with van der Waals surface area (Å²) in [6.07, 6.45) is 6.51. The molecule has 1 saturated heterocycles. The van der Waals surface area contributed by atoms with Crippen molar-refractivity contribution in [3.05, 3.63) is 84.1 Å². The highest BCUT2D eigenvalue weighted by Crippen LogP contribution is 2.26. The first-order valence-electron chi connectivity index (χ1n) is 10.4. The summed E-state index contributed by atoms with van der Waals surface area (Å²) in [4.78, 5) is 23.0. The van der Waals surface area contributed by atoms with Crippen LogP contribution in [0.15, 0.2) is 61.2 Å². The number of aromatic nitrogens is 3. The Hall–Kier alpha value is -3.81. The van der Waals surface area contributed by atoms with Gasteiger partial charge in [-0.15, -0.1) is 0 Å². The van der Waals surface area contributed by atoms with Crippen LogP contribution in [0, 0.1) is 17.6 Å². The number of rotatable bonds is 5. The van der Waals surface area contributed by atoms with E-state index in [4.69, 9.17) is 5.73 Å². The first-order chi connectivity index (χ1) is 15.5. The van der Waals surface area contributed by atoms with Crippen LogP contribution >= 0.6 is 0 Å². The number of likely N-dealkylation sites (tertiary alicyclic amines) is 1. The number of amides is 1. The lowest BCUT2D eigenvalue weighted by Crippen LogP contribution is -2.51. The zero-order chi connectivity index (χ0) is 22.2. The largest absolute Gasteiger partial charge is 0.397 e. The number of carbonyl (C=O) groups excluding carboxylic acids is 1. The summed E-state index contributed by atoms with van der Waals surface area (Å²) in [6.45, 7) is 1.35. The highest BCUT2D eigenvalue weighted by Gasteiger charge is 2.31. The zero-order valence-corrected chi connectivity index (χ0v) is 17.2. The van der Waals surface area contributed by atoms with Gasteiger partial charge in [-0.25, -0.2) is 13.8 Å². The Morgan fingerprint density at radius 3 is 2.78 bits per heavy atom. The summed E-state index contributed by atoms with van der Waals surface area (Å²) in [6, 6.07) is 10.7. The molecule has 1 fully saturated rings. The average molecular weight is 433 g/mol. The molecule has 4 aromatic rings. The summed E-state index contributed by atoms with van der Waals surface area (Å²) >= 11 is 0. The molecule has 0 unspecified atom stereocenters. The SMILES string of the molecule is Nc1ccc(-c2ccc(F)cc2F)nc1CC(=O)N1CC(Cc2ccn3cncc3c2)C1. The van der Waals surface area contributed by atoms with Gasteiger partial charge in [0.25, 0.3) is 0 Å². The van der Waals surface area contributed by atoms with E-state index in [1.165, 1.54) is 17.7 Å². The highest BCUT2D eigenvalue weighted by atomic mass is 19.1. The van der Waals surface area contributed by atoms with E-state index in [1.807, 2.05) is 16.8 Å². The molecule has 1 aliphatic heterocycles. The van der Waals surface area contributed by atoms with Gasteiger partial charge in [-0.1, -0.05) is 0 Å². The van der Waals surface area contributed by atoms with Crippen LogP contribution in [0.25, 0.3) is 16.8 Å². The Morgan fingerprint density at radius 1 is 1.12 bits per heavy atom. The number of imidazole rings is 1. The molecule has 1 aromatic carbocycles. The monoisotopic (exact) mass is 433 g/mol. The third-order valence-electron chi connectivity index (χ3n) is 5.85. The molecule has 0 bridgehead atoms. The van der Waals surface area contributed by atoms with E-state index in [-0.39, 0.29) is 17.9 Å². The van der Waals surface area contributed by atoms with Crippen LogP contribution in [0.1, 0.15) is 11.3 Å². The Balaban J connectivity index is 1.22. The van der Waals surface area contributed by atoms with Crippen molar-refractivity contribution in [2.75, 3.05) is 18.8 Å². The van der Waals surface area contributed by atoms with Crippen molar-refractivity contribution in [1.29, 1.82) is 0 Å². The van der Waals surface area contributed by atoms with E-state index in [0.717, 1.165) is 18.0 Å². The van der Waals surface area contributed by atoms with Crippen molar-refractivity contribution in [1.82, 2.24) is 19.3 Å². The van der Waals surface area contributed by atoms with Crippen molar-refractivity contribution in [2.24, 2.45) is 5.92 Å². The van der Waals surface area contributed by atoms with Crippen molar-refractivity contribution >= 4 is 17.1 Å². The second kappa shape index (κ2) is 8.03. The second-order valence-corrected chi connectivity index (χ2v) is 8.16. The molecule has 162 valence electrons. The molecule has 0 radical (unpaired) electrons. The Bertz CT molecular complexity index is 1310. The van der Waals surface area contributed by atoms with Gasteiger partial charge >= 0.3 is 0 Å². The number of pyridine rings is 2. The van der Waals surface area contributed by atoms with Crippen LogP contribution in [0.3, 0.4) is 0 Å². The van der Waals surface area contributed by atoms with Gasteiger partial charge in [0.15, 0.2) is 0 Å². The number of nitrogen functional groups attached to an aromatic ring is 1. The molecule has 3 aromatic heterocycles. The van der Waals surface area contributed by atoms with E-state index >= 15 is 0 Å². The summed E-state index contributed by atoms with van der Waals surface area (Å²) in [5.74, 6) is -1.04. The number of carbonyl (C=O) groups is 1. The lowest BCUT2D eigenvalue weighted by Gasteiger charge is -2.39. The molecule has 0 saturated carbocycles. The van der Waals surface area contributed by atoms with Gasteiger partial charge in [0, 0.05) is 30.9 Å². The van der Waals surface area contributed by atoms with Gasteiger partial charge in [-0.2, -0.15) is 0 Å². The number of hydrogen-bond donors (Lipinski definition) is 1. The van der Waals surface area contributed by atoms with Crippen LogP contribution in [0.5, 0.6) is 0 Å². The third-order valence-corrected chi connectivity index (χ3v) is 5.85. The van der Waals surface area contributed by atoms with Crippen molar-refractivity contribution < 1.29 is 13.6 Å². The molecule has 1 amide bonds. The number of fused-ring (bicyclic) bond motifs is 1. The van der Waals surface area contributed by atoms with Crippen LogP contribution in [-0.2, 0) is 17.6 Å². The molecule has 1 aliphatic rings. The van der Waals surface area contributed by atoms with Crippen molar-refractivity contribution in [2.45, 2.75) is 12.8 Å². The van der Waals surface area contributed by atoms with E-state index < -0.39 is 11.6 Å². The minimum absolute atomic E-state index is 0.0387. The highest BCUT2D eigenvalue weighted by molar-refractivity contribution is 5.81.